The number of carbonyl (C=O) groups is 2. The molecule has 1 aliphatic rings. The Labute approximate surface area is 88.6 Å². The molecule has 0 spiro atoms. The summed E-state index contributed by atoms with van der Waals surface area (Å²) in [4.78, 5) is 26.1. The van der Waals surface area contributed by atoms with Crippen LogP contribution in [0.5, 0.6) is 0 Å². The van der Waals surface area contributed by atoms with Crippen LogP contribution in [-0.4, -0.2) is 59.8 Å². The van der Waals surface area contributed by atoms with E-state index in [2.05, 4.69) is 0 Å². The summed E-state index contributed by atoms with van der Waals surface area (Å²) >= 11 is 1.54. The summed E-state index contributed by atoms with van der Waals surface area (Å²) in [5.74, 6) is 0.822. The standard InChI is InChI=1S/C9H16N2O2S/c1-8(12)10-3-5-11(6-4-10)9(13)7-14-2/h3-7H2,1-2H3. The van der Waals surface area contributed by atoms with E-state index in [1.807, 2.05) is 11.2 Å². The number of nitrogens with zero attached hydrogens (tertiary/aromatic N) is 2. The maximum atomic E-state index is 11.5. The minimum Gasteiger partial charge on any atom is -0.339 e. The van der Waals surface area contributed by atoms with Crippen molar-refractivity contribution in [3.8, 4) is 0 Å². The molecule has 0 bridgehead atoms. The van der Waals surface area contributed by atoms with Gasteiger partial charge >= 0.3 is 0 Å². The molecule has 1 heterocycles. The van der Waals surface area contributed by atoms with Gasteiger partial charge in [0.25, 0.3) is 0 Å². The van der Waals surface area contributed by atoms with Crippen molar-refractivity contribution in [2.45, 2.75) is 6.92 Å². The smallest absolute Gasteiger partial charge is 0.232 e. The summed E-state index contributed by atoms with van der Waals surface area (Å²) in [5.41, 5.74) is 0. The molecule has 1 aliphatic heterocycles. The van der Waals surface area contributed by atoms with E-state index >= 15 is 0 Å². The first-order valence-electron chi connectivity index (χ1n) is 4.67. The molecule has 0 aromatic carbocycles. The quantitative estimate of drug-likeness (QED) is 0.654. The highest BCUT2D eigenvalue weighted by molar-refractivity contribution is 7.99. The molecule has 4 nitrogen and oxygen atoms in total. The molecule has 2 amide bonds. The normalized spacial score (nSPS) is 17.0. The lowest BCUT2D eigenvalue weighted by atomic mass is 10.3. The minimum atomic E-state index is 0.0990. The topological polar surface area (TPSA) is 40.6 Å². The van der Waals surface area contributed by atoms with Crippen LogP contribution in [0.3, 0.4) is 0 Å². The fourth-order valence-corrected chi connectivity index (χ4v) is 1.92. The van der Waals surface area contributed by atoms with Crippen LogP contribution in [-0.2, 0) is 9.59 Å². The number of carbonyl (C=O) groups excluding carboxylic acids is 2. The van der Waals surface area contributed by atoms with Crippen LogP contribution in [0.4, 0.5) is 0 Å². The fraction of sp³-hybridized carbons (Fsp3) is 0.778. The first kappa shape index (κ1) is 11.4. The molecular formula is C9H16N2O2S. The third-order valence-electron chi connectivity index (χ3n) is 2.35. The van der Waals surface area contributed by atoms with Gasteiger partial charge in [0.1, 0.15) is 0 Å². The van der Waals surface area contributed by atoms with Crippen molar-refractivity contribution >= 4 is 23.6 Å². The van der Waals surface area contributed by atoms with E-state index in [4.69, 9.17) is 0 Å². The van der Waals surface area contributed by atoms with E-state index in [1.54, 1.807) is 11.8 Å². The minimum absolute atomic E-state index is 0.0990. The van der Waals surface area contributed by atoms with Gasteiger partial charge in [-0.1, -0.05) is 0 Å². The van der Waals surface area contributed by atoms with Gasteiger partial charge < -0.3 is 9.80 Å². The number of hydrogen-bond donors (Lipinski definition) is 0. The van der Waals surface area contributed by atoms with Crippen molar-refractivity contribution in [3.05, 3.63) is 0 Å². The van der Waals surface area contributed by atoms with Gasteiger partial charge in [0, 0.05) is 33.1 Å². The molecule has 80 valence electrons. The van der Waals surface area contributed by atoms with E-state index in [-0.39, 0.29) is 11.8 Å². The van der Waals surface area contributed by atoms with Crippen LogP contribution >= 0.6 is 11.8 Å². The van der Waals surface area contributed by atoms with Crippen molar-refractivity contribution < 1.29 is 9.59 Å². The maximum Gasteiger partial charge on any atom is 0.232 e. The number of rotatable bonds is 2. The highest BCUT2D eigenvalue weighted by Crippen LogP contribution is 2.04. The van der Waals surface area contributed by atoms with E-state index in [0.717, 1.165) is 0 Å². The van der Waals surface area contributed by atoms with Crippen molar-refractivity contribution in [2.24, 2.45) is 0 Å². The van der Waals surface area contributed by atoms with Crippen LogP contribution in [0.25, 0.3) is 0 Å². The summed E-state index contributed by atoms with van der Waals surface area (Å²) in [5, 5.41) is 0. The molecule has 0 radical (unpaired) electrons. The molecule has 0 unspecified atom stereocenters. The second kappa shape index (κ2) is 5.24. The highest BCUT2D eigenvalue weighted by atomic mass is 32.2. The Balaban J connectivity index is 2.35. The Hall–Kier alpha value is -0.710. The van der Waals surface area contributed by atoms with E-state index in [0.29, 0.717) is 31.9 Å². The summed E-state index contributed by atoms with van der Waals surface area (Å²) in [6.07, 6.45) is 1.92. The molecule has 5 heteroatoms. The largest absolute Gasteiger partial charge is 0.339 e. The highest BCUT2D eigenvalue weighted by Gasteiger charge is 2.21. The predicted octanol–water partition coefficient (Wildman–Crippen LogP) is 0.0401. The van der Waals surface area contributed by atoms with Crippen molar-refractivity contribution in [3.63, 3.8) is 0 Å². The van der Waals surface area contributed by atoms with Gasteiger partial charge in [-0.25, -0.2) is 0 Å². The Morgan fingerprint density at radius 2 is 1.64 bits per heavy atom. The Morgan fingerprint density at radius 3 is 2.07 bits per heavy atom. The second-order valence-corrected chi connectivity index (χ2v) is 4.19. The SMILES string of the molecule is CSCC(=O)N1CCN(C(C)=O)CC1. The molecular weight excluding hydrogens is 200 g/mol. The van der Waals surface area contributed by atoms with E-state index in [1.165, 1.54) is 11.8 Å². The van der Waals surface area contributed by atoms with Crippen LogP contribution in [0.2, 0.25) is 0 Å². The molecule has 0 saturated carbocycles. The molecule has 0 N–H and O–H groups in total. The number of amides is 2. The van der Waals surface area contributed by atoms with Gasteiger partial charge in [0.05, 0.1) is 5.75 Å². The molecule has 0 aliphatic carbocycles. The van der Waals surface area contributed by atoms with Gasteiger partial charge in [-0.2, -0.15) is 11.8 Å². The molecule has 1 rings (SSSR count). The molecule has 1 saturated heterocycles. The zero-order valence-electron chi connectivity index (χ0n) is 8.65. The maximum absolute atomic E-state index is 11.5. The first-order chi connectivity index (χ1) is 6.65. The second-order valence-electron chi connectivity index (χ2n) is 3.32. The van der Waals surface area contributed by atoms with Crippen molar-refractivity contribution in [1.82, 2.24) is 9.80 Å². The number of piperazine rings is 1. The van der Waals surface area contributed by atoms with Crippen LogP contribution in [0, 0.1) is 0 Å². The van der Waals surface area contributed by atoms with Gasteiger partial charge in [-0.3, -0.25) is 9.59 Å². The Bertz CT molecular complexity index is 225. The van der Waals surface area contributed by atoms with Crippen LogP contribution < -0.4 is 0 Å². The third kappa shape index (κ3) is 2.90. The molecule has 0 aromatic rings. The monoisotopic (exact) mass is 216 g/mol. The lowest BCUT2D eigenvalue weighted by molar-refractivity contribution is -0.136. The summed E-state index contributed by atoms with van der Waals surface area (Å²) in [6.45, 7) is 4.28. The average Bonchev–Trinajstić information content (AvgIpc) is 2.18. The van der Waals surface area contributed by atoms with Crippen LogP contribution in [0.15, 0.2) is 0 Å². The summed E-state index contributed by atoms with van der Waals surface area (Å²) < 4.78 is 0. The molecule has 0 atom stereocenters. The van der Waals surface area contributed by atoms with E-state index in [9.17, 15) is 9.59 Å². The van der Waals surface area contributed by atoms with Crippen molar-refractivity contribution in [1.29, 1.82) is 0 Å². The van der Waals surface area contributed by atoms with Crippen LogP contribution in [0.1, 0.15) is 6.92 Å². The van der Waals surface area contributed by atoms with Gasteiger partial charge in [-0.05, 0) is 6.26 Å². The lowest BCUT2D eigenvalue weighted by Gasteiger charge is -2.34. The fourth-order valence-electron chi connectivity index (χ4n) is 1.49. The van der Waals surface area contributed by atoms with Crippen molar-refractivity contribution in [2.75, 3.05) is 38.2 Å². The van der Waals surface area contributed by atoms with Gasteiger partial charge in [0.15, 0.2) is 0 Å². The summed E-state index contributed by atoms with van der Waals surface area (Å²) in [7, 11) is 0. The lowest BCUT2D eigenvalue weighted by Crippen LogP contribution is -2.50. The average molecular weight is 216 g/mol. The Kier molecular flexibility index (Phi) is 4.25. The number of thioether (sulfide) groups is 1. The zero-order valence-corrected chi connectivity index (χ0v) is 9.47. The van der Waals surface area contributed by atoms with E-state index < -0.39 is 0 Å². The predicted molar refractivity (Wildman–Crippen MR) is 57.2 cm³/mol. The first-order valence-corrected chi connectivity index (χ1v) is 6.06. The molecule has 14 heavy (non-hydrogen) atoms. The molecule has 0 aromatic heterocycles. The third-order valence-corrected chi connectivity index (χ3v) is 2.88. The zero-order chi connectivity index (χ0) is 10.6. The molecule has 1 fully saturated rings. The summed E-state index contributed by atoms with van der Waals surface area (Å²) in [6, 6.07) is 0. The number of hydrogen-bond acceptors (Lipinski definition) is 3. The van der Waals surface area contributed by atoms with Gasteiger partial charge in [0.2, 0.25) is 11.8 Å². The van der Waals surface area contributed by atoms with Gasteiger partial charge in [-0.15, -0.1) is 0 Å². The Morgan fingerprint density at radius 1 is 1.14 bits per heavy atom.